The van der Waals surface area contributed by atoms with Crippen molar-refractivity contribution in [3.8, 4) is 0 Å². The standard InChI is InChI=1S/C14H14FN3O2S/c15-11-3-6-14(17-9-11)18-21(19,20)12-4-5-13-10(8-12)2-1-7-16-13/h3-6,8-9,16H,1-2,7H2,(H,17,18). The fraction of sp³-hybridized carbons (Fsp3) is 0.214. The van der Waals surface area contributed by atoms with Crippen molar-refractivity contribution in [3.63, 3.8) is 0 Å². The largest absolute Gasteiger partial charge is 0.385 e. The van der Waals surface area contributed by atoms with Crippen LogP contribution in [0.4, 0.5) is 15.9 Å². The van der Waals surface area contributed by atoms with Crippen LogP contribution in [0.25, 0.3) is 0 Å². The maximum Gasteiger partial charge on any atom is 0.263 e. The van der Waals surface area contributed by atoms with Crippen molar-refractivity contribution in [2.75, 3.05) is 16.6 Å². The zero-order valence-electron chi connectivity index (χ0n) is 11.1. The van der Waals surface area contributed by atoms with Gasteiger partial charge in [0.2, 0.25) is 0 Å². The van der Waals surface area contributed by atoms with E-state index in [-0.39, 0.29) is 10.7 Å². The lowest BCUT2D eigenvalue weighted by Crippen LogP contribution is -2.16. The van der Waals surface area contributed by atoms with Gasteiger partial charge in [-0.25, -0.2) is 17.8 Å². The second-order valence-corrected chi connectivity index (χ2v) is 6.50. The number of sulfonamides is 1. The normalized spacial score (nSPS) is 14.1. The summed E-state index contributed by atoms with van der Waals surface area (Å²) in [6.07, 6.45) is 2.79. The smallest absolute Gasteiger partial charge is 0.263 e. The summed E-state index contributed by atoms with van der Waals surface area (Å²) in [7, 11) is -3.72. The second-order valence-electron chi connectivity index (χ2n) is 4.82. The van der Waals surface area contributed by atoms with Gasteiger partial charge in [-0.3, -0.25) is 4.72 Å². The predicted molar refractivity (Wildman–Crippen MR) is 78.3 cm³/mol. The third-order valence-corrected chi connectivity index (χ3v) is 4.64. The average molecular weight is 307 g/mol. The molecule has 1 aromatic heterocycles. The zero-order valence-corrected chi connectivity index (χ0v) is 12.0. The molecular weight excluding hydrogens is 293 g/mol. The minimum absolute atomic E-state index is 0.0900. The zero-order chi connectivity index (χ0) is 14.9. The lowest BCUT2D eigenvalue weighted by molar-refractivity contribution is 0.600. The fourth-order valence-electron chi connectivity index (χ4n) is 2.25. The summed E-state index contributed by atoms with van der Waals surface area (Å²) in [5.74, 6) is -0.426. The molecule has 7 heteroatoms. The van der Waals surface area contributed by atoms with Crippen LogP contribution in [0, 0.1) is 5.82 Å². The predicted octanol–water partition coefficient (Wildman–Crippen LogP) is 2.38. The van der Waals surface area contributed by atoms with Crippen LogP contribution in [0.2, 0.25) is 0 Å². The van der Waals surface area contributed by atoms with Gasteiger partial charge in [-0.05, 0) is 48.7 Å². The molecule has 21 heavy (non-hydrogen) atoms. The van der Waals surface area contributed by atoms with Crippen LogP contribution in [0.3, 0.4) is 0 Å². The highest BCUT2D eigenvalue weighted by atomic mass is 32.2. The van der Waals surface area contributed by atoms with Gasteiger partial charge in [0.15, 0.2) is 0 Å². The number of rotatable bonds is 3. The summed E-state index contributed by atoms with van der Waals surface area (Å²) in [6, 6.07) is 7.41. The average Bonchev–Trinajstić information content (AvgIpc) is 2.49. The summed E-state index contributed by atoms with van der Waals surface area (Å²) < 4.78 is 39.7. The molecule has 2 aromatic rings. The first kappa shape index (κ1) is 13.8. The molecule has 0 bridgehead atoms. The van der Waals surface area contributed by atoms with Crippen molar-refractivity contribution in [3.05, 3.63) is 47.9 Å². The van der Waals surface area contributed by atoms with Crippen LogP contribution >= 0.6 is 0 Å². The Hall–Kier alpha value is -2.15. The highest BCUT2D eigenvalue weighted by Gasteiger charge is 2.18. The molecule has 0 saturated heterocycles. The van der Waals surface area contributed by atoms with E-state index in [1.54, 1.807) is 18.2 Å². The third-order valence-electron chi connectivity index (χ3n) is 3.29. The molecule has 0 saturated carbocycles. The molecule has 0 atom stereocenters. The van der Waals surface area contributed by atoms with Gasteiger partial charge >= 0.3 is 0 Å². The number of aryl methyl sites for hydroxylation is 1. The summed E-state index contributed by atoms with van der Waals surface area (Å²) >= 11 is 0. The van der Waals surface area contributed by atoms with Gasteiger partial charge in [0.05, 0.1) is 11.1 Å². The fourth-order valence-corrected chi connectivity index (χ4v) is 3.31. The van der Waals surface area contributed by atoms with Crippen LogP contribution in [-0.4, -0.2) is 19.9 Å². The molecule has 0 aliphatic carbocycles. The van der Waals surface area contributed by atoms with Gasteiger partial charge in [-0.15, -0.1) is 0 Å². The molecule has 1 aliphatic heterocycles. The van der Waals surface area contributed by atoms with Crippen LogP contribution in [0.5, 0.6) is 0 Å². The van der Waals surface area contributed by atoms with E-state index in [1.807, 2.05) is 0 Å². The SMILES string of the molecule is O=S(=O)(Nc1ccc(F)cn1)c1ccc2c(c1)CCCN2. The number of hydrogen-bond donors (Lipinski definition) is 2. The molecule has 0 unspecified atom stereocenters. The first-order valence-corrected chi connectivity index (χ1v) is 8.04. The highest BCUT2D eigenvalue weighted by Crippen LogP contribution is 2.25. The summed E-state index contributed by atoms with van der Waals surface area (Å²) in [5, 5.41) is 3.23. The number of nitrogens with one attached hydrogen (secondary N) is 2. The lowest BCUT2D eigenvalue weighted by atomic mass is 10.0. The van der Waals surface area contributed by atoms with Crippen LogP contribution in [-0.2, 0) is 16.4 Å². The molecule has 0 radical (unpaired) electrons. The van der Waals surface area contributed by atoms with E-state index in [9.17, 15) is 12.8 Å². The molecule has 0 fully saturated rings. The molecule has 0 spiro atoms. The van der Waals surface area contributed by atoms with Gasteiger partial charge in [0.25, 0.3) is 10.0 Å². The minimum Gasteiger partial charge on any atom is -0.385 e. The Balaban J connectivity index is 1.89. The topological polar surface area (TPSA) is 71.1 Å². The van der Waals surface area contributed by atoms with Gasteiger partial charge in [0.1, 0.15) is 11.6 Å². The number of anilines is 2. The highest BCUT2D eigenvalue weighted by molar-refractivity contribution is 7.92. The van der Waals surface area contributed by atoms with Crippen molar-refractivity contribution in [2.45, 2.75) is 17.7 Å². The van der Waals surface area contributed by atoms with E-state index in [0.717, 1.165) is 42.9 Å². The van der Waals surface area contributed by atoms with E-state index in [1.165, 1.54) is 6.07 Å². The quantitative estimate of drug-likeness (QED) is 0.913. The monoisotopic (exact) mass is 307 g/mol. The Bertz CT molecular complexity index is 760. The molecule has 5 nitrogen and oxygen atoms in total. The van der Waals surface area contributed by atoms with Crippen molar-refractivity contribution < 1.29 is 12.8 Å². The number of fused-ring (bicyclic) bond motifs is 1. The molecule has 2 N–H and O–H groups in total. The van der Waals surface area contributed by atoms with Crippen molar-refractivity contribution in [1.29, 1.82) is 0 Å². The summed E-state index contributed by atoms with van der Waals surface area (Å²) in [6.45, 7) is 0.900. The van der Waals surface area contributed by atoms with Gasteiger partial charge in [-0.1, -0.05) is 0 Å². The number of hydrogen-bond acceptors (Lipinski definition) is 4. The number of nitrogens with zero attached hydrogens (tertiary/aromatic N) is 1. The Labute approximate surface area is 122 Å². The summed E-state index contributed by atoms with van der Waals surface area (Å²) in [5.41, 5.74) is 1.95. The van der Waals surface area contributed by atoms with Crippen molar-refractivity contribution >= 4 is 21.5 Å². The Morgan fingerprint density at radius 3 is 2.86 bits per heavy atom. The first-order valence-electron chi connectivity index (χ1n) is 6.56. The Morgan fingerprint density at radius 2 is 2.10 bits per heavy atom. The molecule has 0 amide bonds. The lowest BCUT2D eigenvalue weighted by Gasteiger charge is -2.18. The molecule has 1 aromatic carbocycles. The Kier molecular flexibility index (Phi) is 3.50. The van der Waals surface area contributed by atoms with Crippen LogP contribution in [0.15, 0.2) is 41.4 Å². The maximum atomic E-state index is 12.8. The van der Waals surface area contributed by atoms with E-state index < -0.39 is 15.8 Å². The second kappa shape index (κ2) is 5.33. The molecule has 3 rings (SSSR count). The molecule has 1 aliphatic rings. The number of pyridine rings is 1. The summed E-state index contributed by atoms with van der Waals surface area (Å²) in [4.78, 5) is 3.88. The van der Waals surface area contributed by atoms with Gasteiger partial charge < -0.3 is 5.32 Å². The van der Waals surface area contributed by atoms with Gasteiger partial charge in [0, 0.05) is 12.2 Å². The van der Waals surface area contributed by atoms with Crippen LogP contribution < -0.4 is 10.0 Å². The molecule has 2 heterocycles. The number of benzene rings is 1. The van der Waals surface area contributed by atoms with Crippen LogP contribution in [0.1, 0.15) is 12.0 Å². The Morgan fingerprint density at radius 1 is 1.24 bits per heavy atom. The van der Waals surface area contributed by atoms with E-state index >= 15 is 0 Å². The van der Waals surface area contributed by atoms with E-state index in [2.05, 4.69) is 15.0 Å². The minimum atomic E-state index is -3.72. The first-order chi connectivity index (χ1) is 10.0. The van der Waals surface area contributed by atoms with E-state index in [0.29, 0.717) is 0 Å². The molecule has 110 valence electrons. The van der Waals surface area contributed by atoms with E-state index in [4.69, 9.17) is 0 Å². The molecular formula is C14H14FN3O2S. The van der Waals surface area contributed by atoms with Gasteiger partial charge in [-0.2, -0.15) is 0 Å². The van der Waals surface area contributed by atoms with Crippen molar-refractivity contribution in [1.82, 2.24) is 4.98 Å². The number of aromatic nitrogens is 1. The maximum absolute atomic E-state index is 12.8. The third kappa shape index (κ3) is 2.97. The number of halogens is 1. The van der Waals surface area contributed by atoms with Crippen molar-refractivity contribution in [2.24, 2.45) is 0 Å².